The van der Waals surface area contributed by atoms with Gasteiger partial charge in [0.15, 0.2) is 0 Å². The molecule has 78 valence electrons. The van der Waals surface area contributed by atoms with Gasteiger partial charge in [0.2, 0.25) is 0 Å². The van der Waals surface area contributed by atoms with Crippen molar-refractivity contribution in [3.63, 3.8) is 0 Å². The molecular formula is C11H23NO. The summed E-state index contributed by atoms with van der Waals surface area (Å²) < 4.78 is 5.38. The van der Waals surface area contributed by atoms with Crippen LogP contribution in [0.1, 0.15) is 33.6 Å². The van der Waals surface area contributed by atoms with E-state index in [2.05, 4.69) is 32.7 Å². The average Bonchev–Trinajstić information content (AvgIpc) is 2.29. The molecule has 1 rings (SSSR count). The van der Waals surface area contributed by atoms with Crippen molar-refractivity contribution in [1.29, 1.82) is 0 Å². The van der Waals surface area contributed by atoms with E-state index in [1.807, 2.05) is 7.11 Å². The Labute approximate surface area is 82.3 Å². The number of ether oxygens (including phenoxy) is 1. The van der Waals surface area contributed by atoms with Gasteiger partial charge in [-0.15, -0.1) is 0 Å². The Kier molecular flexibility index (Phi) is 3.36. The molecule has 0 aromatic carbocycles. The molecule has 0 aromatic rings. The number of hydrogen-bond donors (Lipinski definition) is 0. The molecule has 0 unspecified atom stereocenters. The van der Waals surface area contributed by atoms with Gasteiger partial charge in [0.1, 0.15) is 0 Å². The van der Waals surface area contributed by atoms with E-state index in [1.165, 1.54) is 12.8 Å². The van der Waals surface area contributed by atoms with Crippen molar-refractivity contribution in [2.45, 2.75) is 45.8 Å². The minimum Gasteiger partial charge on any atom is -0.380 e. The number of likely N-dealkylation sites (tertiary alicyclic amines) is 1. The van der Waals surface area contributed by atoms with Crippen LogP contribution in [0.2, 0.25) is 0 Å². The number of hydrogen-bond acceptors (Lipinski definition) is 2. The first-order valence-electron chi connectivity index (χ1n) is 5.15. The molecule has 0 aromatic heterocycles. The Balaban J connectivity index is 2.44. The zero-order valence-corrected chi connectivity index (χ0v) is 9.63. The Morgan fingerprint density at radius 3 is 2.38 bits per heavy atom. The van der Waals surface area contributed by atoms with Crippen LogP contribution in [0.15, 0.2) is 0 Å². The van der Waals surface area contributed by atoms with E-state index in [1.54, 1.807) is 0 Å². The largest absolute Gasteiger partial charge is 0.380 e. The Morgan fingerprint density at radius 1 is 1.38 bits per heavy atom. The van der Waals surface area contributed by atoms with Gasteiger partial charge in [-0.1, -0.05) is 20.8 Å². The minimum absolute atomic E-state index is 0.432. The third-order valence-corrected chi connectivity index (χ3v) is 2.83. The Bertz CT molecular complexity index is 162. The van der Waals surface area contributed by atoms with Crippen molar-refractivity contribution in [2.75, 3.05) is 20.7 Å². The molecule has 1 fully saturated rings. The van der Waals surface area contributed by atoms with E-state index in [9.17, 15) is 0 Å². The molecule has 0 amide bonds. The number of nitrogens with zero attached hydrogens (tertiary/aromatic N) is 1. The van der Waals surface area contributed by atoms with E-state index in [-0.39, 0.29) is 0 Å². The van der Waals surface area contributed by atoms with Crippen molar-refractivity contribution in [3.8, 4) is 0 Å². The van der Waals surface area contributed by atoms with Crippen LogP contribution in [-0.4, -0.2) is 37.7 Å². The van der Waals surface area contributed by atoms with Gasteiger partial charge < -0.3 is 9.64 Å². The molecule has 0 N–H and O–H groups in total. The highest BCUT2D eigenvalue weighted by atomic mass is 16.5. The lowest BCUT2D eigenvalue weighted by atomic mass is 9.87. The van der Waals surface area contributed by atoms with Gasteiger partial charge in [-0.3, -0.25) is 0 Å². The summed E-state index contributed by atoms with van der Waals surface area (Å²) in [5.74, 6) is 0. The molecule has 13 heavy (non-hydrogen) atoms. The molecular weight excluding hydrogens is 162 g/mol. The van der Waals surface area contributed by atoms with Gasteiger partial charge >= 0.3 is 0 Å². The summed E-state index contributed by atoms with van der Waals surface area (Å²) in [7, 11) is 4.02. The molecule has 1 saturated heterocycles. The SMILES string of the molecule is CO[C@H]1C[C@@H](CC(C)(C)C)N(C)C1. The predicted octanol–water partition coefficient (Wildman–Crippen LogP) is 2.14. The van der Waals surface area contributed by atoms with Crippen molar-refractivity contribution in [2.24, 2.45) is 5.41 Å². The molecule has 0 aliphatic carbocycles. The number of methoxy groups -OCH3 is 1. The summed E-state index contributed by atoms with van der Waals surface area (Å²) in [6, 6.07) is 0.713. The summed E-state index contributed by atoms with van der Waals surface area (Å²) in [6.45, 7) is 8.01. The van der Waals surface area contributed by atoms with Gasteiger partial charge in [-0.05, 0) is 25.3 Å². The fourth-order valence-electron chi connectivity index (χ4n) is 2.15. The number of likely N-dealkylation sites (N-methyl/N-ethyl adjacent to an activating group) is 1. The standard InChI is InChI=1S/C11H23NO/c1-11(2,3)7-9-6-10(13-5)8-12(9)4/h9-10H,6-8H2,1-5H3/t9-,10-/m0/s1. The second-order valence-corrected chi connectivity index (χ2v) is 5.45. The van der Waals surface area contributed by atoms with Gasteiger partial charge in [-0.2, -0.15) is 0 Å². The van der Waals surface area contributed by atoms with Crippen molar-refractivity contribution in [3.05, 3.63) is 0 Å². The van der Waals surface area contributed by atoms with E-state index in [0.717, 1.165) is 6.54 Å². The van der Waals surface area contributed by atoms with E-state index in [4.69, 9.17) is 4.74 Å². The zero-order valence-electron chi connectivity index (χ0n) is 9.63. The maximum absolute atomic E-state index is 5.38. The van der Waals surface area contributed by atoms with Crippen molar-refractivity contribution < 1.29 is 4.74 Å². The Morgan fingerprint density at radius 2 is 2.00 bits per heavy atom. The van der Waals surface area contributed by atoms with Crippen LogP contribution in [0.5, 0.6) is 0 Å². The van der Waals surface area contributed by atoms with Gasteiger partial charge in [0.25, 0.3) is 0 Å². The third-order valence-electron chi connectivity index (χ3n) is 2.83. The maximum atomic E-state index is 5.38. The molecule has 1 heterocycles. The fourth-order valence-corrected chi connectivity index (χ4v) is 2.15. The molecule has 2 atom stereocenters. The number of rotatable bonds is 2. The van der Waals surface area contributed by atoms with Crippen LogP contribution < -0.4 is 0 Å². The first-order chi connectivity index (χ1) is 5.92. The lowest BCUT2D eigenvalue weighted by Gasteiger charge is -2.27. The minimum atomic E-state index is 0.432. The van der Waals surface area contributed by atoms with Gasteiger partial charge in [0, 0.05) is 19.7 Å². The summed E-state index contributed by atoms with van der Waals surface area (Å²) in [4.78, 5) is 2.43. The highest BCUT2D eigenvalue weighted by Gasteiger charge is 2.31. The molecule has 2 heteroatoms. The van der Waals surface area contributed by atoms with Crippen LogP contribution in [-0.2, 0) is 4.74 Å². The summed E-state index contributed by atoms with van der Waals surface area (Å²) >= 11 is 0. The highest BCUT2D eigenvalue weighted by molar-refractivity contribution is 4.86. The molecule has 1 aliphatic heterocycles. The Hall–Kier alpha value is -0.0800. The quantitative estimate of drug-likeness (QED) is 0.653. The van der Waals surface area contributed by atoms with E-state index in [0.29, 0.717) is 17.6 Å². The van der Waals surface area contributed by atoms with Gasteiger partial charge in [0.05, 0.1) is 6.10 Å². The smallest absolute Gasteiger partial charge is 0.0713 e. The maximum Gasteiger partial charge on any atom is 0.0713 e. The molecule has 1 aliphatic rings. The molecule has 0 radical (unpaired) electrons. The predicted molar refractivity (Wildman–Crippen MR) is 55.9 cm³/mol. The van der Waals surface area contributed by atoms with Gasteiger partial charge in [-0.25, -0.2) is 0 Å². The van der Waals surface area contributed by atoms with E-state index < -0.39 is 0 Å². The molecule has 2 nitrogen and oxygen atoms in total. The lowest BCUT2D eigenvalue weighted by Crippen LogP contribution is -2.29. The average molecular weight is 185 g/mol. The summed E-state index contributed by atoms with van der Waals surface area (Å²) in [5.41, 5.74) is 0.432. The van der Waals surface area contributed by atoms with E-state index >= 15 is 0 Å². The zero-order chi connectivity index (χ0) is 10.1. The van der Waals surface area contributed by atoms with Crippen molar-refractivity contribution in [1.82, 2.24) is 4.90 Å². The van der Waals surface area contributed by atoms with Crippen LogP contribution in [0, 0.1) is 5.41 Å². The third kappa shape index (κ3) is 3.28. The topological polar surface area (TPSA) is 12.5 Å². The fraction of sp³-hybridized carbons (Fsp3) is 1.00. The normalized spacial score (nSPS) is 31.2. The molecule has 0 spiro atoms. The van der Waals surface area contributed by atoms with Crippen LogP contribution >= 0.6 is 0 Å². The summed E-state index contributed by atoms with van der Waals surface area (Å²) in [6.07, 6.45) is 2.92. The second-order valence-electron chi connectivity index (χ2n) is 5.45. The van der Waals surface area contributed by atoms with Crippen LogP contribution in [0.4, 0.5) is 0 Å². The van der Waals surface area contributed by atoms with Crippen LogP contribution in [0.3, 0.4) is 0 Å². The first kappa shape index (κ1) is 11.0. The lowest BCUT2D eigenvalue weighted by molar-refractivity contribution is 0.111. The van der Waals surface area contributed by atoms with Crippen LogP contribution in [0.25, 0.3) is 0 Å². The summed E-state index contributed by atoms with van der Waals surface area (Å²) in [5, 5.41) is 0. The monoisotopic (exact) mass is 185 g/mol. The molecule has 0 bridgehead atoms. The first-order valence-corrected chi connectivity index (χ1v) is 5.15. The second kappa shape index (κ2) is 3.97. The highest BCUT2D eigenvalue weighted by Crippen LogP contribution is 2.29. The molecule has 0 saturated carbocycles. The van der Waals surface area contributed by atoms with Crippen molar-refractivity contribution >= 4 is 0 Å².